The number of hydrogen-bond donors (Lipinski definition) is 1. The van der Waals surface area contributed by atoms with Gasteiger partial charge in [-0.05, 0) is 44.0 Å². The molecule has 1 atom stereocenters. The quantitative estimate of drug-likeness (QED) is 0.352. The van der Waals surface area contributed by atoms with Crippen molar-refractivity contribution in [2.45, 2.75) is 45.6 Å². The Morgan fingerprint density at radius 3 is 2.72 bits per heavy atom. The number of aromatic nitrogens is 4. The second kappa shape index (κ2) is 10.3. The molecule has 0 radical (unpaired) electrons. The molecule has 0 spiro atoms. The van der Waals surface area contributed by atoms with Crippen molar-refractivity contribution in [2.75, 3.05) is 6.54 Å². The predicted octanol–water partition coefficient (Wildman–Crippen LogP) is 5.20. The molecule has 0 aliphatic heterocycles. The van der Waals surface area contributed by atoms with Crippen LogP contribution < -0.4 is 5.32 Å². The van der Waals surface area contributed by atoms with E-state index in [0.717, 1.165) is 48.3 Å². The van der Waals surface area contributed by atoms with Crippen molar-refractivity contribution in [3.8, 4) is 22.5 Å². The molecule has 3 heterocycles. The Labute approximate surface area is 188 Å². The molecule has 6 heteroatoms. The molecule has 0 aliphatic rings. The molecule has 0 amide bonds. The number of nitrogens with zero attached hydrogens (tertiary/aromatic N) is 4. The Hall–Kier alpha value is -3.38. The SMILES string of the molecule is CCCNC(CC)CCC(=O)c1ccnc(-c2cnn3ccc(-c4ccccc4)nc23)c1. The molecule has 0 fully saturated rings. The largest absolute Gasteiger partial charge is 0.314 e. The zero-order chi connectivity index (χ0) is 22.3. The van der Waals surface area contributed by atoms with Gasteiger partial charge in [-0.2, -0.15) is 5.10 Å². The van der Waals surface area contributed by atoms with Crippen LogP contribution in [0.4, 0.5) is 0 Å². The highest BCUT2D eigenvalue weighted by Crippen LogP contribution is 2.25. The summed E-state index contributed by atoms with van der Waals surface area (Å²) in [5.41, 5.74) is 4.84. The lowest BCUT2D eigenvalue weighted by molar-refractivity contribution is 0.0975. The van der Waals surface area contributed by atoms with Crippen LogP contribution >= 0.6 is 0 Å². The number of carbonyl (C=O) groups excluding carboxylic acids is 1. The lowest BCUT2D eigenvalue weighted by Gasteiger charge is -2.15. The summed E-state index contributed by atoms with van der Waals surface area (Å²) in [7, 11) is 0. The number of ketones is 1. The molecule has 1 unspecified atom stereocenters. The zero-order valence-electron chi connectivity index (χ0n) is 18.7. The summed E-state index contributed by atoms with van der Waals surface area (Å²) in [6.45, 7) is 5.30. The smallest absolute Gasteiger partial charge is 0.164 e. The second-order valence-corrected chi connectivity index (χ2v) is 7.96. The van der Waals surface area contributed by atoms with E-state index in [1.807, 2.05) is 48.7 Å². The summed E-state index contributed by atoms with van der Waals surface area (Å²) in [4.78, 5) is 22.2. The van der Waals surface area contributed by atoms with Gasteiger partial charge in [-0.1, -0.05) is 44.2 Å². The molecule has 1 N–H and O–H groups in total. The second-order valence-electron chi connectivity index (χ2n) is 7.96. The Bertz CT molecular complexity index is 1190. The van der Waals surface area contributed by atoms with Crippen molar-refractivity contribution in [2.24, 2.45) is 0 Å². The molecule has 3 aromatic heterocycles. The number of pyridine rings is 1. The van der Waals surface area contributed by atoms with Gasteiger partial charge in [0, 0.05) is 36.0 Å². The zero-order valence-corrected chi connectivity index (χ0v) is 18.7. The number of rotatable bonds is 10. The first-order chi connectivity index (χ1) is 15.7. The fraction of sp³-hybridized carbons (Fsp3) is 0.308. The highest BCUT2D eigenvalue weighted by molar-refractivity contribution is 5.97. The van der Waals surface area contributed by atoms with E-state index in [1.165, 1.54) is 0 Å². The van der Waals surface area contributed by atoms with E-state index in [9.17, 15) is 4.79 Å². The van der Waals surface area contributed by atoms with Gasteiger partial charge in [-0.15, -0.1) is 0 Å². The Morgan fingerprint density at radius 2 is 1.94 bits per heavy atom. The number of fused-ring (bicyclic) bond motifs is 1. The van der Waals surface area contributed by atoms with Gasteiger partial charge in [0.25, 0.3) is 0 Å². The lowest BCUT2D eigenvalue weighted by Crippen LogP contribution is -2.29. The van der Waals surface area contributed by atoms with E-state index in [0.29, 0.717) is 23.7 Å². The maximum absolute atomic E-state index is 12.9. The Balaban J connectivity index is 1.57. The third kappa shape index (κ3) is 4.92. The van der Waals surface area contributed by atoms with Crippen molar-refractivity contribution in [3.05, 3.63) is 72.7 Å². The Morgan fingerprint density at radius 1 is 1.09 bits per heavy atom. The lowest BCUT2D eigenvalue weighted by atomic mass is 10.0. The topological polar surface area (TPSA) is 72.2 Å². The third-order valence-electron chi connectivity index (χ3n) is 5.69. The van der Waals surface area contributed by atoms with E-state index in [2.05, 4.69) is 29.2 Å². The maximum Gasteiger partial charge on any atom is 0.164 e. The van der Waals surface area contributed by atoms with E-state index in [4.69, 9.17) is 4.98 Å². The van der Waals surface area contributed by atoms with Gasteiger partial charge in [0.1, 0.15) is 0 Å². The highest BCUT2D eigenvalue weighted by atomic mass is 16.1. The molecular weight excluding hydrogens is 398 g/mol. The summed E-state index contributed by atoms with van der Waals surface area (Å²) >= 11 is 0. The first-order valence-corrected chi connectivity index (χ1v) is 11.3. The fourth-order valence-corrected chi connectivity index (χ4v) is 3.82. The van der Waals surface area contributed by atoms with Gasteiger partial charge < -0.3 is 5.32 Å². The fourth-order valence-electron chi connectivity index (χ4n) is 3.82. The summed E-state index contributed by atoms with van der Waals surface area (Å²) in [6, 6.07) is 16.0. The van der Waals surface area contributed by atoms with Crippen LogP contribution in [0.5, 0.6) is 0 Å². The molecule has 164 valence electrons. The summed E-state index contributed by atoms with van der Waals surface area (Å²) in [5, 5.41) is 7.94. The minimum Gasteiger partial charge on any atom is -0.314 e. The van der Waals surface area contributed by atoms with Crippen LogP contribution in [0.3, 0.4) is 0 Å². The molecule has 32 heavy (non-hydrogen) atoms. The van der Waals surface area contributed by atoms with Crippen LogP contribution in [0.2, 0.25) is 0 Å². The summed E-state index contributed by atoms with van der Waals surface area (Å²) in [5.74, 6) is 0.139. The minimum atomic E-state index is 0.139. The average Bonchev–Trinajstić information content (AvgIpc) is 3.28. The predicted molar refractivity (Wildman–Crippen MR) is 128 cm³/mol. The molecule has 0 aliphatic carbocycles. The van der Waals surface area contributed by atoms with E-state index < -0.39 is 0 Å². The van der Waals surface area contributed by atoms with Gasteiger partial charge in [0.05, 0.1) is 23.1 Å². The number of nitrogens with one attached hydrogen (secondary N) is 1. The minimum absolute atomic E-state index is 0.139. The van der Waals surface area contributed by atoms with E-state index >= 15 is 0 Å². The molecular formula is C26H29N5O. The van der Waals surface area contributed by atoms with Crippen LogP contribution in [0.15, 0.2) is 67.1 Å². The van der Waals surface area contributed by atoms with Gasteiger partial charge >= 0.3 is 0 Å². The van der Waals surface area contributed by atoms with Crippen molar-refractivity contribution in [3.63, 3.8) is 0 Å². The van der Waals surface area contributed by atoms with Crippen LogP contribution in [0.25, 0.3) is 28.2 Å². The highest BCUT2D eigenvalue weighted by Gasteiger charge is 2.15. The average molecular weight is 428 g/mol. The standard InChI is InChI=1S/C26H29N5O/c1-3-14-27-21(4-2)10-11-25(32)20-12-15-28-24(17-20)22-18-29-31-16-13-23(30-26(22)31)19-8-6-5-7-9-19/h5-9,12-13,15-18,21,27H,3-4,10-11,14H2,1-2H3. The van der Waals surface area contributed by atoms with E-state index in [-0.39, 0.29) is 5.78 Å². The number of benzene rings is 1. The number of carbonyl (C=O) groups is 1. The van der Waals surface area contributed by atoms with Gasteiger partial charge in [-0.25, -0.2) is 9.50 Å². The Kier molecular flexibility index (Phi) is 7.02. The van der Waals surface area contributed by atoms with Crippen molar-refractivity contribution < 1.29 is 4.79 Å². The van der Waals surface area contributed by atoms with Crippen LogP contribution in [0.1, 0.15) is 49.9 Å². The molecule has 0 saturated heterocycles. The van der Waals surface area contributed by atoms with E-state index in [1.54, 1.807) is 23.0 Å². The normalized spacial score (nSPS) is 12.2. The van der Waals surface area contributed by atoms with Crippen LogP contribution in [-0.2, 0) is 0 Å². The monoisotopic (exact) mass is 427 g/mol. The molecule has 4 aromatic rings. The molecule has 4 rings (SSSR count). The summed E-state index contributed by atoms with van der Waals surface area (Å²) < 4.78 is 1.74. The molecule has 0 bridgehead atoms. The molecule has 0 saturated carbocycles. The van der Waals surface area contributed by atoms with Crippen LogP contribution in [0, 0.1) is 0 Å². The van der Waals surface area contributed by atoms with Crippen molar-refractivity contribution in [1.29, 1.82) is 0 Å². The van der Waals surface area contributed by atoms with Gasteiger partial charge in [0.15, 0.2) is 11.4 Å². The summed E-state index contributed by atoms with van der Waals surface area (Å²) in [6.07, 6.45) is 8.83. The molecule has 1 aromatic carbocycles. The van der Waals surface area contributed by atoms with Gasteiger partial charge in [-0.3, -0.25) is 9.78 Å². The van der Waals surface area contributed by atoms with Crippen molar-refractivity contribution in [1.82, 2.24) is 24.9 Å². The number of Topliss-reactive ketones (excluding diaryl/α,β-unsaturated/α-hetero) is 1. The third-order valence-corrected chi connectivity index (χ3v) is 5.69. The first kappa shape index (κ1) is 21.8. The van der Waals surface area contributed by atoms with Gasteiger partial charge in [0.2, 0.25) is 0 Å². The molecule has 6 nitrogen and oxygen atoms in total. The van der Waals surface area contributed by atoms with Crippen molar-refractivity contribution >= 4 is 11.4 Å². The number of hydrogen-bond acceptors (Lipinski definition) is 5. The first-order valence-electron chi connectivity index (χ1n) is 11.3. The maximum atomic E-state index is 12.9. The van der Waals surface area contributed by atoms with Crippen LogP contribution in [-0.4, -0.2) is 38.0 Å².